The number of hydrogen-bond acceptors (Lipinski definition) is 6. The van der Waals surface area contributed by atoms with Crippen molar-refractivity contribution in [1.29, 1.82) is 0 Å². The van der Waals surface area contributed by atoms with Gasteiger partial charge in [0, 0.05) is 66.9 Å². The van der Waals surface area contributed by atoms with E-state index in [0.29, 0.717) is 6.79 Å². The zero-order valence-corrected chi connectivity index (χ0v) is 72.0. The van der Waals surface area contributed by atoms with Crippen molar-refractivity contribution in [3.8, 4) is 17.2 Å². The van der Waals surface area contributed by atoms with Crippen molar-refractivity contribution in [2.75, 3.05) is 12.1 Å². The number of anilines is 2. The van der Waals surface area contributed by atoms with Gasteiger partial charge in [0.1, 0.15) is 0 Å². The lowest BCUT2D eigenvalue weighted by Crippen LogP contribution is -3.00. The third-order valence-corrected chi connectivity index (χ3v) is 19.4. The van der Waals surface area contributed by atoms with Gasteiger partial charge in [-0.2, -0.15) is 0 Å². The molecule has 0 bridgehead atoms. The minimum Gasteiger partial charge on any atom is -0.454 e. The number of nitrogens with zero attached hydrogens (tertiary/aromatic N) is 2. The molecule has 3 heterocycles. The maximum absolute atomic E-state index is 5.08. The van der Waals surface area contributed by atoms with Crippen LogP contribution in [-0.2, 0) is 32.2 Å². The number of quaternary nitrogens is 1. The number of thioether (sulfide) groups is 1. The molecule has 8 heteroatoms. The predicted octanol–water partition coefficient (Wildman–Crippen LogP) is 30.5. The summed E-state index contributed by atoms with van der Waals surface area (Å²) < 4.78 is 12.2. The van der Waals surface area contributed by atoms with E-state index in [1.54, 1.807) is 52.0 Å². The average Bonchev–Trinajstić information content (AvgIpc) is 1.77. The normalized spacial score (nSPS) is 10.6. The second-order valence-electron chi connectivity index (χ2n) is 25.4. The van der Waals surface area contributed by atoms with Crippen LogP contribution in [0.5, 0.6) is 11.5 Å². The van der Waals surface area contributed by atoms with Crippen LogP contribution in [0, 0.1) is 7.05 Å². The third kappa shape index (κ3) is 40.3. The highest BCUT2D eigenvalue weighted by Gasteiger charge is 2.11. The van der Waals surface area contributed by atoms with Crippen molar-refractivity contribution in [3.05, 3.63) is 569 Å². The zero-order chi connectivity index (χ0) is 87.2. The fourth-order valence-corrected chi connectivity index (χ4v) is 13.4. The molecule has 0 radical (unpaired) electrons. The third-order valence-electron chi connectivity index (χ3n) is 17.4. The smallest absolute Gasteiger partial charge is 0.231 e. The van der Waals surface area contributed by atoms with E-state index in [9.17, 15) is 0 Å². The Bertz CT molecular complexity index is 4710. The van der Waals surface area contributed by atoms with Crippen molar-refractivity contribution >= 4 is 51.2 Å². The van der Waals surface area contributed by atoms with Gasteiger partial charge in [0.05, 0.1) is 6.54 Å². The first-order chi connectivity index (χ1) is 59.9. The van der Waals surface area contributed by atoms with Gasteiger partial charge in [-0.25, -0.2) is 4.98 Å². The Balaban J connectivity index is 0.000000282. The van der Waals surface area contributed by atoms with Crippen LogP contribution < -0.4 is 19.7 Å². The molecule has 1 aliphatic heterocycles. The number of aryl methyl sites for hydroxylation is 4. The van der Waals surface area contributed by atoms with Crippen molar-refractivity contribution in [2.45, 2.75) is 66.2 Å². The molecule has 0 saturated heterocycles. The molecule has 6 nitrogen and oxygen atoms in total. The largest absolute Gasteiger partial charge is 0.454 e. The minimum atomic E-state index is 0.360. The van der Waals surface area contributed by atoms with Crippen LogP contribution in [0.2, 0.25) is 0 Å². The van der Waals surface area contributed by atoms with Crippen molar-refractivity contribution in [1.82, 2.24) is 9.55 Å². The highest BCUT2D eigenvalue weighted by atomic mass is 32.2. The number of pyridine rings is 1. The second kappa shape index (κ2) is 65.3. The number of ether oxygens (including phenoxy) is 2. The summed E-state index contributed by atoms with van der Waals surface area (Å²) in [5, 5.41) is 3.30. The Labute approximate surface area is 734 Å². The van der Waals surface area contributed by atoms with Crippen LogP contribution in [0.25, 0.3) is 16.2 Å². The molecule has 15 aromatic rings. The van der Waals surface area contributed by atoms with Gasteiger partial charge in [-0.05, 0) is 193 Å². The quantitative estimate of drug-likeness (QED) is 0.0682. The monoisotopic (exact) mass is 1630 g/mol. The Morgan fingerprint density at radius 2 is 0.653 bits per heavy atom. The molecule has 0 amide bonds. The summed E-state index contributed by atoms with van der Waals surface area (Å²) in [7, 11) is 4.06. The van der Waals surface area contributed by atoms with Gasteiger partial charge in [0.15, 0.2) is 17.3 Å². The summed E-state index contributed by atoms with van der Waals surface area (Å²) in [6.07, 6.45) is 15.2. The number of hydrogen-bond donors (Lipinski definition) is 2. The topological polar surface area (TPSA) is 52.8 Å². The highest BCUT2D eigenvalue weighted by Crippen LogP contribution is 2.33. The zero-order valence-electron chi connectivity index (χ0n) is 70.4. The van der Waals surface area contributed by atoms with Gasteiger partial charge in [-0.1, -0.05) is 334 Å². The van der Waals surface area contributed by atoms with Crippen LogP contribution in [-0.4, -0.2) is 16.3 Å². The summed E-state index contributed by atoms with van der Waals surface area (Å²) in [5.41, 5.74) is 15.6. The van der Waals surface area contributed by atoms with Crippen molar-refractivity contribution in [2.24, 2.45) is 0 Å². The summed E-state index contributed by atoms with van der Waals surface area (Å²) in [4.78, 5) is 10.2. The number of nitrogens with one attached hydrogen (secondary N) is 2. The Morgan fingerprint density at radius 1 is 0.339 bits per heavy atom. The van der Waals surface area contributed by atoms with E-state index in [1.807, 2.05) is 249 Å². The lowest BCUT2D eigenvalue weighted by atomic mass is 9.92. The standard InChI is InChI=1S/C14H12S.C14H12.C13H14N2.C12H11N.C12H10S.C10H9N.C10H12.C9H10.C7H6O2.6C2H4/c1-12(13-8-4-2-5-9-13)15-14-10-6-3-7-11-14;1-12(13-8-4-2-5-9-13)14-10-6-3-7-11-14;1-15(13-9-5-6-10-14-13)11-12-7-3-2-4-8-12;2*1-3-7-11(8-4-1)13-12-9-5-2-6-10-12;1-2-6-10(7-3-1)11-8-4-5-9-11;1-2-6-10-8-4-3-7-9(10)5-1;1-2-5-9-7-3-6-8(9)4-1;1-2-4-7-6(3-1)8-5-9-7;6*1-2/h2-11H,1H2;2-11H,1H2;2-10,15H,1,11H2;1-10,13H;1-10H;1-9H;1-2,5-6H,3-4,7-8H2;1-2,4-5H,3,6-7H2;1-4H,5H2;6*1-2H2. The fraction of sp³-hybridized carbons (Fsp3) is 0.0796. The summed E-state index contributed by atoms with van der Waals surface area (Å²) in [6.45, 7) is 45.4. The van der Waals surface area contributed by atoms with Gasteiger partial charge in [-0.3, -0.25) is 0 Å². The fourth-order valence-electron chi connectivity index (χ4n) is 11.7. The van der Waals surface area contributed by atoms with E-state index in [4.69, 9.17) is 9.47 Å². The first kappa shape index (κ1) is 99.6. The van der Waals surface area contributed by atoms with Gasteiger partial charge in [-0.15, -0.1) is 86.0 Å². The number of benzene rings is 13. The number of fused-ring (bicyclic) bond motifs is 3. The first-order valence-electron chi connectivity index (χ1n) is 40.1. The second-order valence-corrected chi connectivity index (χ2v) is 27.7. The number of rotatable bonds is 13. The summed E-state index contributed by atoms with van der Waals surface area (Å²) >= 11 is 3.49. The molecule has 1 atom stereocenters. The van der Waals surface area contributed by atoms with Gasteiger partial charge < -0.3 is 24.3 Å². The van der Waals surface area contributed by atoms with Crippen LogP contribution in [0.3, 0.4) is 0 Å². The van der Waals surface area contributed by atoms with Crippen molar-refractivity contribution < 1.29 is 14.4 Å². The summed E-state index contributed by atoms with van der Waals surface area (Å²) in [5.74, 6) is 2.66. The molecule has 616 valence electrons. The molecule has 13 aromatic carbocycles. The molecule has 2 N–H and O–H groups in total. The maximum atomic E-state index is 5.08. The lowest BCUT2D eigenvalue weighted by Gasteiger charge is -2.18. The molecule has 1 unspecified atom stereocenters. The van der Waals surface area contributed by atoms with E-state index in [1.165, 1.54) is 87.6 Å². The first-order valence-corrected chi connectivity index (χ1v) is 41.7. The SMILES string of the molecule is C=C.C=C.C=C.C=C.C=C.C=C.C=C(Sc1ccccc1)c1ccccc1.C=C(c1ccccc1)c1ccccc1.[CH2-][NH+](Cc1ccccc1)c1ccccn1.c1ccc(-n2cccc2)cc1.c1ccc(Nc2ccccc2)cc1.c1ccc(Sc2ccccc2)cc1.c1ccc2c(c1)CCC2.c1ccc2c(c1)CCCC2.c1ccc2c(c1)OCO2. The Kier molecular flexibility index (Phi) is 53.8. The molecule has 0 fully saturated rings. The molecule has 0 saturated carbocycles. The van der Waals surface area contributed by atoms with E-state index in [2.05, 4.69) is 284 Å². The number of aromatic nitrogens is 2. The van der Waals surface area contributed by atoms with E-state index in [0.717, 1.165) is 50.6 Å². The molecule has 121 heavy (non-hydrogen) atoms. The molecule has 2 aromatic heterocycles. The minimum absolute atomic E-state index is 0.360. The van der Waals surface area contributed by atoms with Crippen LogP contribution in [0.4, 0.5) is 17.2 Å². The van der Waals surface area contributed by atoms with Crippen molar-refractivity contribution in [3.63, 3.8) is 0 Å². The van der Waals surface area contributed by atoms with Gasteiger partial charge >= 0.3 is 0 Å². The average molecular weight is 1630 g/mol. The molecule has 3 aliphatic rings. The maximum Gasteiger partial charge on any atom is 0.231 e. The molecule has 0 spiro atoms. The highest BCUT2D eigenvalue weighted by molar-refractivity contribution is 8.08. The van der Waals surface area contributed by atoms with E-state index in [-0.39, 0.29) is 0 Å². The molecule has 2 aliphatic carbocycles. The molecular weight excluding hydrogens is 1510 g/mol. The lowest BCUT2D eigenvalue weighted by molar-refractivity contribution is -0.800. The van der Waals surface area contributed by atoms with Crippen LogP contribution in [0.15, 0.2) is 532 Å². The van der Waals surface area contributed by atoms with Gasteiger partial charge in [0.25, 0.3) is 0 Å². The Morgan fingerprint density at radius 3 is 1.03 bits per heavy atom. The summed E-state index contributed by atoms with van der Waals surface area (Å²) in [6, 6.07) is 138. The van der Waals surface area contributed by atoms with E-state index < -0.39 is 0 Å². The molecule has 18 rings (SSSR count). The van der Waals surface area contributed by atoms with Gasteiger partial charge in [0.2, 0.25) is 6.79 Å². The van der Waals surface area contributed by atoms with E-state index >= 15 is 0 Å². The van der Waals surface area contributed by atoms with Crippen LogP contribution in [0.1, 0.15) is 63.8 Å². The molecular formula is C113H120N4O2S2. The van der Waals surface area contributed by atoms with Crippen LogP contribution >= 0.6 is 23.5 Å². The Hall–Kier alpha value is -13.7. The predicted molar refractivity (Wildman–Crippen MR) is 530 cm³/mol. The number of para-hydroxylation sites is 5.